The summed E-state index contributed by atoms with van der Waals surface area (Å²) in [6, 6.07) is 15.5. The maximum absolute atomic E-state index is 12.6. The standard InChI is InChI=1S/C22H28N2O3/c1-26-19-10-6-17(7-11-19)21(24-14-4-3-5-15-24)16-23-22(25)18-8-12-20(27-2)13-9-18/h6-13,21H,3-5,14-16H2,1-2H3,(H,23,25). The number of ether oxygens (including phenoxy) is 2. The third-order valence-electron chi connectivity index (χ3n) is 5.14. The van der Waals surface area contributed by atoms with E-state index in [1.807, 2.05) is 12.1 Å². The molecule has 1 atom stereocenters. The fourth-order valence-corrected chi connectivity index (χ4v) is 3.55. The first-order valence-electron chi connectivity index (χ1n) is 9.51. The van der Waals surface area contributed by atoms with E-state index in [9.17, 15) is 4.79 Å². The average Bonchev–Trinajstić information content (AvgIpc) is 2.75. The molecule has 3 rings (SSSR count). The van der Waals surface area contributed by atoms with E-state index < -0.39 is 0 Å². The summed E-state index contributed by atoms with van der Waals surface area (Å²) >= 11 is 0. The van der Waals surface area contributed by atoms with Crippen molar-refractivity contribution in [1.82, 2.24) is 10.2 Å². The van der Waals surface area contributed by atoms with Crippen LogP contribution in [0.4, 0.5) is 0 Å². The predicted molar refractivity (Wildman–Crippen MR) is 106 cm³/mol. The minimum absolute atomic E-state index is 0.0619. The summed E-state index contributed by atoms with van der Waals surface area (Å²) in [5, 5.41) is 3.11. The minimum atomic E-state index is -0.0619. The van der Waals surface area contributed by atoms with Crippen LogP contribution in [0.15, 0.2) is 48.5 Å². The van der Waals surface area contributed by atoms with Gasteiger partial charge in [-0.25, -0.2) is 0 Å². The molecule has 2 aromatic rings. The number of nitrogens with zero attached hydrogens (tertiary/aromatic N) is 1. The SMILES string of the molecule is COc1ccc(C(=O)NCC(c2ccc(OC)cc2)N2CCCCC2)cc1. The second-order valence-electron chi connectivity index (χ2n) is 6.82. The van der Waals surface area contributed by atoms with Gasteiger partial charge in [-0.05, 0) is 67.9 Å². The molecule has 1 aliphatic rings. The Morgan fingerprint density at radius 3 is 2.04 bits per heavy atom. The lowest BCUT2D eigenvalue weighted by atomic mass is 10.0. The number of hydrogen-bond donors (Lipinski definition) is 1. The molecular formula is C22H28N2O3. The summed E-state index contributed by atoms with van der Waals surface area (Å²) in [5.74, 6) is 1.53. The van der Waals surface area contributed by atoms with Gasteiger partial charge in [0.15, 0.2) is 0 Å². The molecule has 1 heterocycles. The molecule has 0 aliphatic carbocycles. The molecule has 1 amide bonds. The third-order valence-corrected chi connectivity index (χ3v) is 5.14. The molecule has 5 heteroatoms. The lowest BCUT2D eigenvalue weighted by Gasteiger charge is -2.35. The Kier molecular flexibility index (Phi) is 6.71. The van der Waals surface area contributed by atoms with Gasteiger partial charge in [-0.15, -0.1) is 0 Å². The van der Waals surface area contributed by atoms with Crippen molar-refractivity contribution in [2.75, 3.05) is 33.9 Å². The Balaban J connectivity index is 1.70. The van der Waals surface area contributed by atoms with Gasteiger partial charge in [0.05, 0.1) is 20.3 Å². The summed E-state index contributed by atoms with van der Waals surface area (Å²) in [4.78, 5) is 15.0. The highest BCUT2D eigenvalue weighted by Gasteiger charge is 2.23. The number of hydrogen-bond acceptors (Lipinski definition) is 4. The first-order chi connectivity index (χ1) is 13.2. The van der Waals surface area contributed by atoms with Crippen molar-refractivity contribution in [3.63, 3.8) is 0 Å². The molecule has 2 aromatic carbocycles. The molecule has 5 nitrogen and oxygen atoms in total. The van der Waals surface area contributed by atoms with Gasteiger partial charge >= 0.3 is 0 Å². The van der Waals surface area contributed by atoms with Crippen LogP contribution in [0.2, 0.25) is 0 Å². The van der Waals surface area contributed by atoms with Crippen molar-refractivity contribution >= 4 is 5.91 Å². The van der Waals surface area contributed by atoms with Crippen LogP contribution in [0.3, 0.4) is 0 Å². The zero-order chi connectivity index (χ0) is 19.1. The molecule has 0 radical (unpaired) electrons. The third kappa shape index (κ3) is 5.01. The highest BCUT2D eigenvalue weighted by atomic mass is 16.5. The number of carbonyl (C=O) groups excluding carboxylic acids is 1. The molecule has 27 heavy (non-hydrogen) atoms. The number of nitrogens with one attached hydrogen (secondary N) is 1. The Labute approximate surface area is 161 Å². The van der Waals surface area contributed by atoms with E-state index in [0.29, 0.717) is 12.1 Å². The van der Waals surface area contributed by atoms with E-state index >= 15 is 0 Å². The molecule has 1 unspecified atom stereocenters. The number of carbonyl (C=O) groups is 1. The zero-order valence-electron chi connectivity index (χ0n) is 16.1. The lowest BCUT2D eigenvalue weighted by Crippen LogP contribution is -2.40. The van der Waals surface area contributed by atoms with Crippen LogP contribution >= 0.6 is 0 Å². The maximum Gasteiger partial charge on any atom is 0.251 e. The van der Waals surface area contributed by atoms with Crippen LogP contribution in [-0.4, -0.2) is 44.7 Å². The molecule has 0 bridgehead atoms. The normalized spacial score (nSPS) is 15.8. The van der Waals surface area contributed by atoms with Crippen molar-refractivity contribution in [3.05, 3.63) is 59.7 Å². The average molecular weight is 368 g/mol. The summed E-state index contributed by atoms with van der Waals surface area (Å²) in [6.07, 6.45) is 3.70. The topological polar surface area (TPSA) is 50.8 Å². The van der Waals surface area contributed by atoms with E-state index in [0.717, 1.165) is 24.6 Å². The highest BCUT2D eigenvalue weighted by Crippen LogP contribution is 2.26. The van der Waals surface area contributed by atoms with Gasteiger partial charge < -0.3 is 14.8 Å². The number of piperidine rings is 1. The van der Waals surface area contributed by atoms with Crippen molar-refractivity contribution in [3.8, 4) is 11.5 Å². The van der Waals surface area contributed by atoms with Crippen molar-refractivity contribution in [1.29, 1.82) is 0 Å². The summed E-state index contributed by atoms with van der Waals surface area (Å²) in [7, 11) is 3.29. The number of benzene rings is 2. The first-order valence-corrected chi connectivity index (χ1v) is 9.51. The van der Waals surface area contributed by atoms with Crippen molar-refractivity contribution < 1.29 is 14.3 Å². The monoisotopic (exact) mass is 368 g/mol. The molecule has 1 aliphatic heterocycles. The van der Waals surface area contributed by atoms with Gasteiger partial charge in [-0.3, -0.25) is 9.69 Å². The number of likely N-dealkylation sites (tertiary alicyclic amines) is 1. The number of amides is 1. The first kappa shape index (κ1) is 19.2. The van der Waals surface area contributed by atoms with Crippen LogP contribution in [0.25, 0.3) is 0 Å². The Bertz CT molecular complexity index is 722. The van der Waals surface area contributed by atoms with Gasteiger partial charge in [-0.1, -0.05) is 18.6 Å². The molecular weight excluding hydrogens is 340 g/mol. The minimum Gasteiger partial charge on any atom is -0.497 e. The number of methoxy groups -OCH3 is 2. The molecule has 0 saturated carbocycles. The Hall–Kier alpha value is -2.53. The molecule has 1 fully saturated rings. The summed E-state index contributed by atoms with van der Waals surface area (Å²) in [5.41, 5.74) is 1.84. The second-order valence-corrected chi connectivity index (χ2v) is 6.82. The molecule has 144 valence electrons. The zero-order valence-corrected chi connectivity index (χ0v) is 16.1. The van der Waals surface area contributed by atoms with E-state index in [-0.39, 0.29) is 11.9 Å². The molecule has 0 aromatic heterocycles. The van der Waals surface area contributed by atoms with Gasteiger partial charge in [-0.2, -0.15) is 0 Å². The van der Waals surface area contributed by atoms with Gasteiger partial charge in [0.2, 0.25) is 0 Å². The van der Waals surface area contributed by atoms with Crippen LogP contribution < -0.4 is 14.8 Å². The van der Waals surface area contributed by atoms with Crippen LogP contribution in [-0.2, 0) is 0 Å². The van der Waals surface area contributed by atoms with E-state index in [1.54, 1.807) is 38.5 Å². The quantitative estimate of drug-likeness (QED) is 0.810. The summed E-state index contributed by atoms with van der Waals surface area (Å²) < 4.78 is 10.4. The fourth-order valence-electron chi connectivity index (χ4n) is 3.55. The van der Waals surface area contributed by atoms with Gasteiger partial charge in [0.25, 0.3) is 5.91 Å². The van der Waals surface area contributed by atoms with E-state index in [4.69, 9.17) is 9.47 Å². The van der Waals surface area contributed by atoms with E-state index in [1.165, 1.54) is 24.8 Å². The summed E-state index contributed by atoms with van der Waals surface area (Å²) in [6.45, 7) is 2.71. The molecule has 1 saturated heterocycles. The molecule has 1 N–H and O–H groups in total. The smallest absolute Gasteiger partial charge is 0.251 e. The molecule has 0 spiro atoms. The fraction of sp³-hybridized carbons (Fsp3) is 0.409. The van der Waals surface area contributed by atoms with Gasteiger partial charge in [0, 0.05) is 12.1 Å². The predicted octanol–water partition coefficient (Wildman–Crippen LogP) is 3.66. The van der Waals surface area contributed by atoms with Gasteiger partial charge in [0.1, 0.15) is 11.5 Å². The van der Waals surface area contributed by atoms with Crippen LogP contribution in [0.1, 0.15) is 41.2 Å². The Morgan fingerprint density at radius 1 is 0.926 bits per heavy atom. The highest BCUT2D eigenvalue weighted by molar-refractivity contribution is 5.94. The van der Waals surface area contributed by atoms with Crippen molar-refractivity contribution in [2.45, 2.75) is 25.3 Å². The van der Waals surface area contributed by atoms with Crippen LogP contribution in [0.5, 0.6) is 11.5 Å². The second kappa shape index (κ2) is 9.42. The van der Waals surface area contributed by atoms with E-state index in [2.05, 4.69) is 22.3 Å². The largest absolute Gasteiger partial charge is 0.497 e. The lowest BCUT2D eigenvalue weighted by molar-refractivity contribution is 0.0924. The van der Waals surface area contributed by atoms with Crippen LogP contribution in [0, 0.1) is 0 Å². The maximum atomic E-state index is 12.6. The Morgan fingerprint density at radius 2 is 1.48 bits per heavy atom. The van der Waals surface area contributed by atoms with Crippen molar-refractivity contribution in [2.24, 2.45) is 0 Å². The number of rotatable bonds is 7.